The molecule has 1 aromatic heterocycles. The first-order valence-corrected chi connectivity index (χ1v) is 8.31. The fraction of sp³-hybridized carbons (Fsp3) is 0.200. The Balaban J connectivity index is 1.69. The summed E-state index contributed by atoms with van der Waals surface area (Å²) < 4.78 is 32.7. The van der Waals surface area contributed by atoms with E-state index in [2.05, 4.69) is 0 Å². The summed E-state index contributed by atoms with van der Waals surface area (Å²) in [4.78, 5) is 26.6. The van der Waals surface area contributed by atoms with Gasteiger partial charge in [0, 0.05) is 30.3 Å². The Labute approximate surface area is 147 Å². The number of carbonyl (C=O) groups excluding carboxylic acids is 1. The predicted molar refractivity (Wildman–Crippen MR) is 91.7 cm³/mol. The van der Waals surface area contributed by atoms with Crippen LogP contribution in [0, 0.1) is 11.6 Å². The molecule has 26 heavy (non-hydrogen) atoms. The van der Waals surface area contributed by atoms with Crippen LogP contribution < -0.4 is 5.43 Å². The van der Waals surface area contributed by atoms with Crippen molar-refractivity contribution in [2.24, 2.45) is 0 Å². The third-order valence-electron chi connectivity index (χ3n) is 4.45. The van der Waals surface area contributed by atoms with Gasteiger partial charge in [-0.2, -0.15) is 0 Å². The van der Waals surface area contributed by atoms with Crippen LogP contribution in [0.4, 0.5) is 8.78 Å². The molecule has 1 saturated carbocycles. The van der Waals surface area contributed by atoms with Crippen LogP contribution in [0.25, 0.3) is 11.0 Å². The molecular formula is C20H15F2NO3. The second kappa shape index (κ2) is 6.37. The van der Waals surface area contributed by atoms with Crippen LogP contribution >= 0.6 is 0 Å². The molecule has 3 aromatic rings. The molecule has 1 aliphatic carbocycles. The van der Waals surface area contributed by atoms with Gasteiger partial charge in [-0.1, -0.05) is 18.2 Å². The molecule has 4 nitrogen and oxygen atoms in total. The van der Waals surface area contributed by atoms with E-state index in [1.54, 1.807) is 24.3 Å². The van der Waals surface area contributed by atoms with Crippen molar-refractivity contribution < 1.29 is 18.0 Å². The van der Waals surface area contributed by atoms with Gasteiger partial charge in [-0.25, -0.2) is 8.78 Å². The highest BCUT2D eigenvalue weighted by atomic mass is 19.1. The lowest BCUT2D eigenvalue weighted by atomic mass is 10.1. The zero-order valence-electron chi connectivity index (χ0n) is 13.7. The summed E-state index contributed by atoms with van der Waals surface area (Å²) in [5.74, 6) is -1.93. The first kappa shape index (κ1) is 16.4. The van der Waals surface area contributed by atoms with Crippen molar-refractivity contribution in [3.8, 4) is 0 Å². The molecule has 0 unspecified atom stereocenters. The first-order chi connectivity index (χ1) is 12.5. The number of para-hydroxylation sites is 1. The van der Waals surface area contributed by atoms with Crippen molar-refractivity contribution in [3.63, 3.8) is 0 Å². The third-order valence-corrected chi connectivity index (χ3v) is 4.45. The van der Waals surface area contributed by atoms with Crippen LogP contribution in [0.15, 0.2) is 57.7 Å². The van der Waals surface area contributed by atoms with Crippen LogP contribution in [-0.4, -0.2) is 16.8 Å². The number of amides is 1. The Morgan fingerprint density at radius 3 is 2.62 bits per heavy atom. The normalized spacial score (nSPS) is 13.8. The number of halogens is 2. The van der Waals surface area contributed by atoms with E-state index in [9.17, 15) is 18.4 Å². The number of nitrogens with zero attached hydrogens (tertiary/aromatic N) is 1. The maximum absolute atomic E-state index is 14.0. The van der Waals surface area contributed by atoms with E-state index in [0.29, 0.717) is 11.0 Å². The molecule has 132 valence electrons. The van der Waals surface area contributed by atoms with Gasteiger partial charge in [0.05, 0.1) is 5.39 Å². The van der Waals surface area contributed by atoms with Gasteiger partial charge in [-0.15, -0.1) is 0 Å². The molecule has 0 atom stereocenters. The fourth-order valence-electron chi connectivity index (χ4n) is 2.94. The van der Waals surface area contributed by atoms with E-state index in [1.165, 1.54) is 17.0 Å². The largest absolute Gasteiger partial charge is 0.451 e. The van der Waals surface area contributed by atoms with Crippen molar-refractivity contribution in [2.75, 3.05) is 0 Å². The number of fused-ring (bicyclic) bond motifs is 1. The molecule has 0 saturated heterocycles. The predicted octanol–water partition coefficient (Wildman–Crippen LogP) is 3.88. The Morgan fingerprint density at radius 2 is 1.88 bits per heavy atom. The second-order valence-corrected chi connectivity index (χ2v) is 6.37. The molecule has 1 aliphatic rings. The maximum Gasteiger partial charge on any atom is 0.290 e. The fourth-order valence-corrected chi connectivity index (χ4v) is 2.94. The van der Waals surface area contributed by atoms with Gasteiger partial charge in [0.1, 0.15) is 17.2 Å². The van der Waals surface area contributed by atoms with Crippen molar-refractivity contribution in [1.29, 1.82) is 0 Å². The standard InChI is InChI=1S/C20H15F2NO3/c21-13-6-5-12(16(22)9-13)11-23(14-7-8-14)20(25)19-10-17(24)15-3-1-2-4-18(15)26-19/h1-6,9-10,14H,7-8,11H2. The highest BCUT2D eigenvalue weighted by molar-refractivity contribution is 5.93. The zero-order valence-corrected chi connectivity index (χ0v) is 13.7. The molecule has 0 N–H and O–H groups in total. The number of carbonyl (C=O) groups is 1. The summed E-state index contributed by atoms with van der Waals surface area (Å²) in [5, 5.41) is 0.395. The van der Waals surface area contributed by atoms with Gasteiger partial charge < -0.3 is 9.32 Å². The highest BCUT2D eigenvalue weighted by Crippen LogP contribution is 2.30. The third kappa shape index (κ3) is 3.10. The maximum atomic E-state index is 14.0. The van der Waals surface area contributed by atoms with Crippen molar-refractivity contribution in [1.82, 2.24) is 4.90 Å². The van der Waals surface area contributed by atoms with Crippen LogP contribution in [0.1, 0.15) is 29.0 Å². The lowest BCUT2D eigenvalue weighted by Crippen LogP contribution is -2.33. The summed E-state index contributed by atoms with van der Waals surface area (Å²) >= 11 is 0. The summed E-state index contributed by atoms with van der Waals surface area (Å²) in [6.07, 6.45) is 1.60. The molecule has 1 heterocycles. The molecule has 2 aromatic carbocycles. The average Bonchev–Trinajstić information content (AvgIpc) is 3.45. The zero-order chi connectivity index (χ0) is 18.3. The van der Waals surface area contributed by atoms with Crippen LogP contribution in [0.2, 0.25) is 0 Å². The van der Waals surface area contributed by atoms with Gasteiger partial charge in [-0.3, -0.25) is 9.59 Å². The molecular weight excluding hydrogens is 340 g/mol. The topological polar surface area (TPSA) is 50.5 Å². The highest BCUT2D eigenvalue weighted by Gasteiger charge is 2.34. The Hall–Kier alpha value is -3.02. The summed E-state index contributed by atoms with van der Waals surface area (Å²) in [6, 6.07) is 11.1. The second-order valence-electron chi connectivity index (χ2n) is 6.37. The van der Waals surface area contributed by atoms with Crippen molar-refractivity contribution in [3.05, 3.63) is 81.7 Å². The molecule has 4 rings (SSSR count). The molecule has 0 radical (unpaired) electrons. The summed E-state index contributed by atoms with van der Waals surface area (Å²) in [7, 11) is 0. The van der Waals surface area contributed by atoms with E-state index >= 15 is 0 Å². The summed E-state index contributed by atoms with van der Waals surface area (Å²) in [6.45, 7) is -0.00779. The smallest absolute Gasteiger partial charge is 0.290 e. The van der Waals surface area contributed by atoms with E-state index < -0.39 is 17.5 Å². The Bertz CT molecular complexity index is 1060. The van der Waals surface area contributed by atoms with Crippen LogP contribution in [-0.2, 0) is 6.54 Å². The van der Waals surface area contributed by atoms with E-state index in [-0.39, 0.29) is 29.3 Å². The van der Waals surface area contributed by atoms with Crippen molar-refractivity contribution in [2.45, 2.75) is 25.4 Å². The number of benzene rings is 2. The molecule has 1 fully saturated rings. The van der Waals surface area contributed by atoms with Crippen LogP contribution in [0.3, 0.4) is 0 Å². The van der Waals surface area contributed by atoms with Gasteiger partial charge in [0.2, 0.25) is 0 Å². The SMILES string of the molecule is O=C(c1cc(=O)c2ccccc2o1)N(Cc1ccc(F)cc1F)C1CC1. The van der Waals surface area contributed by atoms with Gasteiger partial charge in [0.15, 0.2) is 11.2 Å². The molecule has 6 heteroatoms. The number of hydrogen-bond acceptors (Lipinski definition) is 3. The van der Waals surface area contributed by atoms with E-state index in [0.717, 1.165) is 25.0 Å². The molecule has 1 amide bonds. The Morgan fingerprint density at radius 1 is 1.12 bits per heavy atom. The molecule has 0 spiro atoms. The van der Waals surface area contributed by atoms with E-state index in [4.69, 9.17) is 4.42 Å². The average molecular weight is 355 g/mol. The lowest BCUT2D eigenvalue weighted by molar-refractivity contribution is 0.0696. The van der Waals surface area contributed by atoms with Crippen LogP contribution in [0.5, 0.6) is 0 Å². The van der Waals surface area contributed by atoms with Gasteiger partial charge in [-0.05, 0) is 31.0 Å². The van der Waals surface area contributed by atoms with Crippen molar-refractivity contribution >= 4 is 16.9 Å². The minimum absolute atomic E-state index is 0.00779. The minimum atomic E-state index is -0.705. The van der Waals surface area contributed by atoms with Gasteiger partial charge >= 0.3 is 0 Å². The monoisotopic (exact) mass is 355 g/mol. The minimum Gasteiger partial charge on any atom is -0.451 e. The Kier molecular flexibility index (Phi) is 4.03. The molecule has 0 bridgehead atoms. The molecule has 0 aliphatic heterocycles. The van der Waals surface area contributed by atoms with E-state index in [1.807, 2.05) is 0 Å². The quantitative estimate of drug-likeness (QED) is 0.714. The number of hydrogen-bond donors (Lipinski definition) is 0. The lowest BCUT2D eigenvalue weighted by Gasteiger charge is -2.22. The van der Waals surface area contributed by atoms with Gasteiger partial charge in [0.25, 0.3) is 5.91 Å². The first-order valence-electron chi connectivity index (χ1n) is 8.31. The number of rotatable bonds is 4. The summed E-state index contributed by atoms with van der Waals surface area (Å²) in [5.41, 5.74) is 0.237.